The standard InChI is InChI=1S/C81H138NO8P/c1-3-5-7-9-11-13-15-17-19-21-23-25-27-29-31-33-34-35-36-37-38-39-40-41-42-43-44-46-47-49-51-53-55-57-59-61-63-65-67-69-71-73-80(83)87-77-79(78-89-91(85,86)88-76-75-82)90-81(84)74-72-70-68-66-64-62-60-58-56-54-52-50-48-45-32-30-28-26-24-22-20-18-16-14-12-10-8-6-4-2/h6,8,12,14-15,17-18,20-21,23-24,26-27,29-30,32,48,50,54,56,60,62,66,68,79H,3-5,7,9-11,13,16,19,22,25,28,31,33-47,49,51-53,55,57-59,61,63-65,67,69-78,82H2,1-2H3,(H,85,86)/b8-6-,14-12-,17-15-,20-18-,23-21-,26-24-,29-27-,32-30-,50-48-,56-54-,62-60-,68-66-. The van der Waals surface area contributed by atoms with E-state index in [1.807, 2.05) is 6.08 Å². The fourth-order valence-electron chi connectivity index (χ4n) is 10.2. The van der Waals surface area contributed by atoms with Crippen LogP contribution in [0.1, 0.15) is 322 Å². The molecular formula is C81H138NO8P. The van der Waals surface area contributed by atoms with Gasteiger partial charge in [-0.25, -0.2) is 4.57 Å². The Morgan fingerprint density at radius 2 is 0.615 bits per heavy atom. The first-order chi connectivity index (χ1) is 44.8. The van der Waals surface area contributed by atoms with Crippen LogP contribution in [-0.4, -0.2) is 49.3 Å². The van der Waals surface area contributed by atoms with Crippen LogP contribution in [0.5, 0.6) is 0 Å². The van der Waals surface area contributed by atoms with E-state index in [1.54, 1.807) is 0 Å². The smallest absolute Gasteiger partial charge is 0.462 e. The summed E-state index contributed by atoms with van der Waals surface area (Å²) in [6.45, 7) is 3.57. The van der Waals surface area contributed by atoms with Crippen molar-refractivity contribution >= 4 is 19.8 Å². The minimum atomic E-state index is -4.42. The quantitative estimate of drug-likeness (QED) is 0.0264. The maximum absolute atomic E-state index is 12.7. The van der Waals surface area contributed by atoms with E-state index in [1.165, 1.54) is 193 Å². The number of hydrogen-bond acceptors (Lipinski definition) is 8. The van der Waals surface area contributed by atoms with Gasteiger partial charge in [-0.2, -0.15) is 0 Å². The van der Waals surface area contributed by atoms with E-state index in [2.05, 4.69) is 154 Å². The van der Waals surface area contributed by atoms with Gasteiger partial charge in [0, 0.05) is 19.4 Å². The van der Waals surface area contributed by atoms with E-state index < -0.39 is 32.5 Å². The van der Waals surface area contributed by atoms with E-state index in [-0.39, 0.29) is 32.6 Å². The number of unbranched alkanes of at least 4 members (excludes halogenated alkanes) is 32. The largest absolute Gasteiger partial charge is 0.472 e. The summed E-state index contributed by atoms with van der Waals surface area (Å²) in [6.07, 6.45) is 108. The Morgan fingerprint density at radius 1 is 0.341 bits per heavy atom. The average molecular weight is 1280 g/mol. The fourth-order valence-corrected chi connectivity index (χ4v) is 11.0. The van der Waals surface area contributed by atoms with Crippen molar-refractivity contribution in [2.75, 3.05) is 26.4 Å². The first-order valence-electron chi connectivity index (χ1n) is 37.3. The van der Waals surface area contributed by atoms with Crippen molar-refractivity contribution in [3.63, 3.8) is 0 Å². The molecule has 0 aromatic rings. The molecule has 2 atom stereocenters. The van der Waals surface area contributed by atoms with Crippen LogP contribution in [0.4, 0.5) is 0 Å². The average Bonchev–Trinajstić information content (AvgIpc) is 3.68. The molecule has 0 aliphatic rings. The zero-order valence-corrected chi connectivity index (χ0v) is 59.4. The van der Waals surface area contributed by atoms with E-state index in [0.29, 0.717) is 12.8 Å². The summed E-state index contributed by atoms with van der Waals surface area (Å²) in [4.78, 5) is 35.3. The van der Waals surface area contributed by atoms with Crippen LogP contribution in [0.15, 0.2) is 146 Å². The highest BCUT2D eigenvalue weighted by atomic mass is 31.2. The van der Waals surface area contributed by atoms with E-state index in [4.69, 9.17) is 24.3 Å². The van der Waals surface area contributed by atoms with Gasteiger partial charge in [0.25, 0.3) is 0 Å². The molecule has 0 saturated heterocycles. The molecule has 0 aliphatic heterocycles. The van der Waals surface area contributed by atoms with Crippen molar-refractivity contribution in [2.24, 2.45) is 5.73 Å². The Kier molecular flexibility index (Phi) is 71.5. The van der Waals surface area contributed by atoms with Crippen molar-refractivity contribution in [1.29, 1.82) is 0 Å². The minimum absolute atomic E-state index is 0.0382. The summed E-state index contributed by atoms with van der Waals surface area (Å²) >= 11 is 0. The van der Waals surface area contributed by atoms with Crippen LogP contribution < -0.4 is 5.73 Å². The maximum atomic E-state index is 12.7. The van der Waals surface area contributed by atoms with Crippen LogP contribution in [0.25, 0.3) is 0 Å². The molecule has 0 saturated carbocycles. The molecule has 0 spiro atoms. The number of rotatable bonds is 69. The van der Waals surface area contributed by atoms with Gasteiger partial charge in [-0.15, -0.1) is 0 Å². The van der Waals surface area contributed by atoms with E-state index in [0.717, 1.165) is 89.9 Å². The molecule has 0 fully saturated rings. The van der Waals surface area contributed by atoms with Gasteiger partial charge in [0.15, 0.2) is 6.10 Å². The highest BCUT2D eigenvalue weighted by Gasteiger charge is 2.26. The molecule has 0 radical (unpaired) electrons. The van der Waals surface area contributed by atoms with Crippen molar-refractivity contribution in [2.45, 2.75) is 328 Å². The Bertz CT molecular complexity index is 2010. The third-order valence-electron chi connectivity index (χ3n) is 15.7. The Hall–Kier alpha value is -4.11. The summed E-state index contributed by atoms with van der Waals surface area (Å²) in [6, 6.07) is 0. The zero-order chi connectivity index (χ0) is 65.8. The summed E-state index contributed by atoms with van der Waals surface area (Å²) in [5, 5.41) is 0. The highest BCUT2D eigenvalue weighted by Crippen LogP contribution is 2.43. The lowest BCUT2D eigenvalue weighted by atomic mass is 10.0. The molecule has 0 aliphatic carbocycles. The van der Waals surface area contributed by atoms with Gasteiger partial charge >= 0.3 is 19.8 Å². The second-order valence-corrected chi connectivity index (χ2v) is 25.9. The molecular weight excluding hydrogens is 1150 g/mol. The van der Waals surface area contributed by atoms with Gasteiger partial charge in [-0.1, -0.05) is 339 Å². The molecule has 0 aromatic carbocycles. The first kappa shape index (κ1) is 86.9. The Morgan fingerprint density at radius 3 is 0.934 bits per heavy atom. The number of phosphoric ester groups is 1. The molecule has 0 amide bonds. The molecule has 9 nitrogen and oxygen atoms in total. The van der Waals surface area contributed by atoms with Gasteiger partial charge in [-0.3, -0.25) is 18.6 Å². The zero-order valence-electron chi connectivity index (χ0n) is 58.5. The van der Waals surface area contributed by atoms with Crippen LogP contribution >= 0.6 is 7.82 Å². The number of carbonyl (C=O) groups excluding carboxylic acids is 2. The van der Waals surface area contributed by atoms with E-state index in [9.17, 15) is 19.0 Å². The summed E-state index contributed by atoms with van der Waals surface area (Å²) in [5.74, 6) is -0.896. The van der Waals surface area contributed by atoms with Crippen molar-refractivity contribution < 1.29 is 37.6 Å². The lowest BCUT2D eigenvalue weighted by Crippen LogP contribution is -2.29. The van der Waals surface area contributed by atoms with Gasteiger partial charge in [0.2, 0.25) is 0 Å². The third-order valence-corrected chi connectivity index (χ3v) is 16.7. The van der Waals surface area contributed by atoms with Gasteiger partial charge in [0.05, 0.1) is 13.2 Å². The van der Waals surface area contributed by atoms with Gasteiger partial charge in [-0.05, 0) is 116 Å². The van der Waals surface area contributed by atoms with Crippen LogP contribution in [-0.2, 0) is 32.7 Å². The molecule has 10 heteroatoms. The fraction of sp³-hybridized carbons (Fsp3) is 0.679. The number of phosphoric acid groups is 1. The number of hydrogen-bond donors (Lipinski definition) is 2. The second kappa shape index (κ2) is 74.9. The van der Waals surface area contributed by atoms with Crippen LogP contribution in [0, 0.1) is 0 Å². The molecule has 91 heavy (non-hydrogen) atoms. The van der Waals surface area contributed by atoms with Gasteiger partial charge in [0.1, 0.15) is 6.61 Å². The number of allylic oxidation sites excluding steroid dienone is 24. The molecule has 0 bridgehead atoms. The monoisotopic (exact) mass is 1280 g/mol. The topological polar surface area (TPSA) is 134 Å². The van der Waals surface area contributed by atoms with Crippen molar-refractivity contribution in [3.8, 4) is 0 Å². The molecule has 520 valence electrons. The van der Waals surface area contributed by atoms with Crippen LogP contribution in [0.3, 0.4) is 0 Å². The van der Waals surface area contributed by atoms with E-state index >= 15 is 0 Å². The third kappa shape index (κ3) is 74.8. The van der Waals surface area contributed by atoms with Crippen molar-refractivity contribution in [1.82, 2.24) is 0 Å². The summed E-state index contributed by atoms with van der Waals surface area (Å²) in [7, 11) is -4.42. The maximum Gasteiger partial charge on any atom is 0.472 e. The molecule has 0 heterocycles. The van der Waals surface area contributed by atoms with Gasteiger partial charge < -0.3 is 20.1 Å². The van der Waals surface area contributed by atoms with Crippen molar-refractivity contribution in [3.05, 3.63) is 146 Å². The number of nitrogens with two attached hydrogens (primary N) is 1. The summed E-state index contributed by atoms with van der Waals surface area (Å²) < 4.78 is 33.1. The minimum Gasteiger partial charge on any atom is -0.462 e. The molecule has 3 N–H and O–H groups in total. The molecule has 0 rings (SSSR count). The predicted molar refractivity (Wildman–Crippen MR) is 394 cm³/mol. The Balaban J connectivity index is 3.89. The Labute approximate surface area is 560 Å². The predicted octanol–water partition coefficient (Wildman–Crippen LogP) is 25.0. The van der Waals surface area contributed by atoms with Crippen LogP contribution in [0.2, 0.25) is 0 Å². The lowest BCUT2D eigenvalue weighted by Gasteiger charge is -2.19. The molecule has 2 unspecified atom stereocenters. The number of carbonyl (C=O) groups is 2. The first-order valence-corrected chi connectivity index (χ1v) is 38.8. The lowest BCUT2D eigenvalue weighted by molar-refractivity contribution is -0.161. The molecule has 0 aromatic heterocycles. The normalized spacial score (nSPS) is 13.8. The summed E-state index contributed by atoms with van der Waals surface area (Å²) in [5.41, 5.74) is 5.40. The number of ether oxygens (including phenoxy) is 2. The SMILES string of the molecule is CC/C=C\C/C=C\C/C=C\C/C=C\C/C=C\C/C=C\C/C=C\C/C=C\C/C=C\CCCC(=O)OC(COC(=O)CCCCCCCCCCCCCCCCCCCCCCCCCCCC/C=C\C/C=C\C/C=C\CCCCCCC)COP(=O)(O)OCCN. The highest BCUT2D eigenvalue weighted by molar-refractivity contribution is 7.47. The second-order valence-electron chi connectivity index (χ2n) is 24.4. The number of esters is 2.